The van der Waals surface area contributed by atoms with Crippen LogP contribution in [0.25, 0.3) is 0 Å². The van der Waals surface area contributed by atoms with Crippen LogP contribution in [-0.2, 0) is 10.0 Å². The molecule has 0 spiro atoms. The van der Waals surface area contributed by atoms with Crippen LogP contribution in [0.4, 0.5) is 5.69 Å². The Morgan fingerprint density at radius 2 is 1.86 bits per heavy atom. The average Bonchev–Trinajstić information content (AvgIpc) is 3.04. The first-order chi connectivity index (χ1) is 10.1. The van der Waals surface area contributed by atoms with E-state index in [2.05, 4.69) is 14.7 Å². The van der Waals surface area contributed by atoms with E-state index in [0.717, 1.165) is 18.7 Å². The topological polar surface area (TPSA) is 85.1 Å². The molecule has 21 heavy (non-hydrogen) atoms. The molecule has 2 aromatic rings. The Hall–Kier alpha value is -1.89. The van der Waals surface area contributed by atoms with Gasteiger partial charge in [0, 0.05) is 5.92 Å². The molecular formula is C14H17N3O3S. The molecule has 2 heterocycles. The van der Waals surface area contributed by atoms with Crippen LogP contribution >= 0.6 is 0 Å². The van der Waals surface area contributed by atoms with Gasteiger partial charge in [-0.1, -0.05) is 19.3 Å². The summed E-state index contributed by atoms with van der Waals surface area (Å²) in [4.78, 5) is 8.69. The zero-order valence-corrected chi connectivity index (χ0v) is 12.3. The van der Waals surface area contributed by atoms with Crippen LogP contribution in [0.1, 0.15) is 43.8 Å². The van der Waals surface area contributed by atoms with E-state index >= 15 is 0 Å². The van der Waals surface area contributed by atoms with Crippen molar-refractivity contribution in [3.8, 4) is 0 Å². The van der Waals surface area contributed by atoms with Crippen LogP contribution in [-0.4, -0.2) is 18.4 Å². The minimum absolute atomic E-state index is 0.0823. The molecule has 0 aliphatic heterocycles. The van der Waals surface area contributed by atoms with Gasteiger partial charge in [0.05, 0.1) is 24.3 Å². The number of nitrogens with one attached hydrogen (secondary N) is 1. The Kier molecular flexibility index (Phi) is 3.92. The molecule has 0 aromatic carbocycles. The lowest BCUT2D eigenvalue weighted by molar-refractivity contribution is 0.428. The minimum atomic E-state index is -3.63. The Bertz CT molecular complexity index is 675. The molecule has 0 unspecified atom stereocenters. The lowest BCUT2D eigenvalue weighted by atomic mass is 9.89. The molecule has 112 valence electrons. The van der Waals surface area contributed by atoms with E-state index in [1.165, 1.54) is 50.2 Å². The molecule has 0 amide bonds. The maximum absolute atomic E-state index is 12.0. The van der Waals surface area contributed by atoms with Crippen molar-refractivity contribution in [2.24, 2.45) is 0 Å². The van der Waals surface area contributed by atoms with E-state index < -0.39 is 10.0 Å². The van der Waals surface area contributed by atoms with E-state index in [0.29, 0.717) is 11.6 Å². The maximum Gasteiger partial charge on any atom is 0.265 e. The second-order valence-corrected chi connectivity index (χ2v) is 6.91. The molecular weight excluding hydrogens is 290 g/mol. The predicted octanol–water partition coefficient (Wildman–Crippen LogP) is 2.92. The van der Waals surface area contributed by atoms with Gasteiger partial charge < -0.3 is 4.42 Å². The van der Waals surface area contributed by atoms with Gasteiger partial charge in [-0.3, -0.25) is 4.72 Å². The molecule has 7 heteroatoms. The van der Waals surface area contributed by atoms with E-state index in [1.54, 1.807) is 0 Å². The third kappa shape index (κ3) is 3.24. The smallest absolute Gasteiger partial charge is 0.265 e. The number of rotatable bonds is 4. The monoisotopic (exact) mass is 307 g/mol. The summed E-state index contributed by atoms with van der Waals surface area (Å²) in [6.07, 6.45) is 11.5. The van der Waals surface area contributed by atoms with Crippen LogP contribution in [0.3, 0.4) is 0 Å². The molecule has 1 aliphatic rings. The van der Waals surface area contributed by atoms with Gasteiger partial charge in [0.1, 0.15) is 17.0 Å². The third-order valence-electron chi connectivity index (χ3n) is 3.70. The van der Waals surface area contributed by atoms with Crippen molar-refractivity contribution in [1.29, 1.82) is 0 Å². The van der Waals surface area contributed by atoms with Gasteiger partial charge in [0.2, 0.25) is 0 Å². The number of aromatic nitrogens is 2. The van der Waals surface area contributed by atoms with E-state index in [1.807, 2.05) is 0 Å². The number of furan rings is 1. The second kappa shape index (κ2) is 5.85. The third-order valence-corrected chi connectivity index (χ3v) is 5.06. The minimum Gasteiger partial charge on any atom is -0.471 e. The first-order valence-corrected chi connectivity index (χ1v) is 8.50. The van der Waals surface area contributed by atoms with Crippen molar-refractivity contribution >= 4 is 15.7 Å². The molecule has 0 saturated heterocycles. The summed E-state index contributed by atoms with van der Waals surface area (Å²) in [5.74, 6) is 1.21. The van der Waals surface area contributed by atoms with Crippen LogP contribution < -0.4 is 4.72 Å². The van der Waals surface area contributed by atoms with Crippen molar-refractivity contribution in [1.82, 2.24) is 9.97 Å². The summed E-state index contributed by atoms with van der Waals surface area (Å²) in [6.45, 7) is 0. The van der Waals surface area contributed by atoms with Gasteiger partial charge in [0.15, 0.2) is 0 Å². The SMILES string of the molecule is O=S(=O)(Nc1cnc(C2CCCCC2)nc1)c1ccoc1. The average molecular weight is 307 g/mol. The molecule has 0 radical (unpaired) electrons. The summed E-state index contributed by atoms with van der Waals surface area (Å²) in [5, 5.41) is 0. The van der Waals surface area contributed by atoms with Gasteiger partial charge in [-0.15, -0.1) is 0 Å². The summed E-state index contributed by atoms with van der Waals surface area (Å²) in [6, 6.07) is 1.39. The fourth-order valence-corrected chi connectivity index (χ4v) is 3.53. The number of anilines is 1. The zero-order chi connectivity index (χ0) is 14.7. The summed E-state index contributed by atoms with van der Waals surface area (Å²) >= 11 is 0. The lowest BCUT2D eigenvalue weighted by Crippen LogP contribution is -2.14. The van der Waals surface area contributed by atoms with Crippen molar-refractivity contribution in [2.75, 3.05) is 4.72 Å². The largest absolute Gasteiger partial charge is 0.471 e. The predicted molar refractivity (Wildman–Crippen MR) is 77.4 cm³/mol. The number of hydrogen-bond donors (Lipinski definition) is 1. The van der Waals surface area contributed by atoms with Gasteiger partial charge in [-0.2, -0.15) is 0 Å². The zero-order valence-electron chi connectivity index (χ0n) is 11.5. The molecule has 0 atom stereocenters. The van der Waals surface area contributed by atoms with Crippen molar-refractivity contribution < 1.29 is 12.8 Å². The van der Waals surface area contributed by atoms with Crippen LogP contribution in [0, 0.1) is 0 Å². The fraction of sp³-hybridized carbons (Fsp3) is 0.429. The van der Waals surface area contributed by atoms with Crippen LogP contribution in [0.15, 0.2) is 40.3 Å². The highest BCUT2D eigenvalue weighted by atomic mass is 32.2. The second-order valence-electron chi connectivity index (χ2n) is 5.23. The Morgan fingerprint density at radius 3 is 2.48 bits per heavy atom. The first-order valence-electron chi connectivity index (χ1n) is 7.02. The highest BCUT2D eigenvalue weighted by Gasteiger charge is 2.19. The van der Waals surface area contributed by atoms with Gasteiger partial charge in [-0.05, 0) is 18.9 Å². The first kappa shape index (κ1) is 14.1. The van der Waals surface area contributed by atoms with Gasteiger partial charge >= 0.3 is 0 Å². The molecule has 1 saturated carbocycles. The van der Waals surface area contributed by atoms with E-state index in [9.17, 15) is 8.42 Å². The normalized spacial score (nSPS) is 16.8. The van der Waals surface area contributed by atoms with Crippen molar-refractivity contribution in [3.05, 3.63) is 36.8 Å². The molecule has 2 aromatic heterocycles. The fourth-order valence-electron chi connectivity index (χ4n) is 2.58. The molecule has 0 bridgehead atoms. The molecule has 3 rings (SSSR count). The standard InChI is InChI=1S/C14H17N3O3S/c18-21(19,13-6-7-20-10-13)17-12-8-15-14(16-9-12)11-4-2-1-3-5-11/h6-11,17H,1-5H2. The summed E-state index contributed by atoms with van der Waals surface area (Å²) in [7, 11) is -3.63. The Labute approximate surface area is 123 Å². The highest BCUT2D eigenvalue weighted by molar-refractivity contribution is 7.92. The number of hydrogen-bond acceptors (Lipinski definition) is 5. The Morgan fingerprint density at radius 1 is 1.14 bits per heavy atom. The Balaban J connectivity index is 1.72. The molecule has 1 N–H and O–H groups in total. The van der Waals surface area contributed by atoms with E-state index in [4.69, 9.17) is 4.42 Å². The maximum atomic E-state index is 12.0. The van der Waals surface area contributed by atoms with Gasteiger partial charge in [-0.25, -0.2) is 18.4 Å². The van der Waals surface area contributed by atoms with Crippen molar-refractivity contribution in [2.45, 2.75) is 42.9 Å². The van der Waals surface area contributed by atoms with Crippen LogP contribution in [0.5, 0.6) is 0 Å². The molecule has 6 nitrogen and oxygen atoms in total. The summed E-state index contributed by atoms with van der Waals surface area (Å²) in [5.41, 5.74) is 0.357. The van der Waals surface area contributed by atoms with Crippen LogP contribution in [0.2, 0.25) is 0 Å². The lowest BCUT2D eigenvalue weighted by Gasteiger charge is -2.20. The van der Waals surface area contributed by atoms with Crippen molar-refractivity contribution in [3.63, 3.8) is 0 Å². The number of nitrogens with zero attached hydrogens (tertiary/aromatic N) is 2. The van der Waals surface area contributed by atoms with E-state index in [-0.39, 0.29) is 4.90 Å². The summed E-state index contributed by atoms with van der Waals surface area (Å²) < 4.78 is 31.3. The molecule has 1 fully saturated rings. The van der Waals surface area contributed by atoms with Gasteiger partial charge in [0.25, 0.3) is 10.0 Å². The number of sulfonamides is 1. The quantitative estimate of drug-likeness (QED) is 0.938. The molecule has 1 aliphatic carbocycles. The highest BCUT2D eigenvalue weighted by Crippen LogP contribution is 2.30.